The molecule has 1 aromatic carbocycles. The Kier molecular flexibility index (Phi) is 3.50. The molecule has 0 aromatic heterocycles. The van der Waals surface area contributed by atoms with Crippen molar-refractivity contribution in [3.05, 3.63) is 35.1 Å². The van der Waals surface area contributed by atoms with Crippen molar-refractivity contribution < 1.29 is 9.50 Å². The maximum atomic E-state index is 14.1. The van der Waals surface area contributed by atoms with Gasteiger partial charge in [-0.25, -0.2) is 4.39 Å². The van der Waals surface area contributed by atoms with E-state index in [-0.39, 0.29) is 23.8 Å². The van der Waals surface area contributed by atoms with Gasteiger partial charge in [0.25, 0.3) is 0 Å². The first-order valence-corrected chi connectivity index (χ1v) is 5.27. The summed E-state index contributed by atoms with van der Waals surface area (Å²) in [7, 11) is 0. The van der Waals surface area contributed by atoms with Crippen LogP contribution < -0.4 is 0 Å². The molecule has 1 rings (SSSR count). The quantitative estimate of drug-likeness (QED) is 0.794. The van der Waals surface area contributed by atoms with Gasteiger partial charge >= 0.3 is 0 Å². The van der Waals surface area contributed by atoms with Gasteiger partial charge in [-0.3, -0.25) is 0 Å². The Morgan fingerprint density at radius 2 is 1.93 bits per heavy atom. The predicted molar refractivity (Wildman–Crippen MR) is 60.6 cm³/mol. The molecule has 1 N–H and O–H groups in total. The lowest BCUT2D eigenvalue weighted by atomic mass is 9.84. The molecule has 0 aliphatic carbocycles. The summed E-state index contributed by atoms with van der Waals surface area (Å²) in [6.45, 7) is 7.76. The second-order valence-electron chi connectivity index (χ2n) is 5.04. The summed E-state index contributed by atoms with van der Waals surface area (Å²) < 4.78 is 14.1. The summed E-state index contributed by atoms with van der Waals surface area (Å²) in [5.41, 5.74) is 1.11. The van der Waals surface area contributed by atoms with E-state index in [9.17, 15) is 4.39 Å². The number of benzene rings is 1. The van der Waals surface area contributed by atoms with Crippen LogP contribution in [0.5, 0.6) is 0 Å². The van der Waals surface area contributed by atoms with Crippen LogP contribution in [0.15, 0.2) is 18.2 Å². The molecule has 0 aliphatic heterocycles. The number of rotatable bonds is 2. The molecule has 1 nitrogen and oxygen atoms in total. The molecule has 0 amide bonds. The maximum Gasteiger partial charge on any atom is 0.130 e. The fraction of sp³-hybridized carbons (Fsp3) is 0.538. The van der Waals surface area contributed by atoms with E-state index in [1.165, 1.54) is 0 Å². The summed E-state index contributed by atoms with van der Waals surface area (Å²) in [4.78, 5) is 0. The van der Waals surface area contributed by atoms with Crippen molar-refractivity contribution in [3.8, 4) is 0 Å². The fourth-order valence-electron chi connectivity index (χ4n) is 1.61. The van der Waals surface area contributed by atoms with E-state index >= 15 is 0 Å². The minimum atomic E-state index is -0.199. The highest BCUT2D eigenvalue weighted by Crippen LogP contribution is 2.29. The van der Waals surface area contributed by atoms with Crippen LogP contribution in [0.4, 0.5) is 4.39 Å². The van der Waals surface area contributed by atoms with Crippen molar-refractivity contribution in [2.75, 3.05) is 6.61 Å². The molecule has 0 bridgehead atoms. The molecule has 0 saturated carbocycles. The number of hydrogen-bond acceptors (Lipinski definition) is 1. The van der Waals surface area contributed by atoms with Crippen molar-refractivity contribution in [3.63, 3.8) is 0 Å². The third-order valence-corrected chi connectivity index (χ3v) is 2.64. The molecule has 0 saturated heterocycles. The van der Waals surface area contributed by atoms with E-state index in [1.807, 2.05) is 39.8 Å². The smallest absolute Gasteiger partial charge is 0.130 e. The average molecular weight is 210 g/mol. The van der Waals surface area contributed by atoms with E-state index in [1.54, 1.807) is 6.07 Å². The number of aliphatic hydroxyl groups is 1. The molecule has 2 heteroatoms. The molecule has 1 aromatic rings. The largest absolute Gasteiger partial charge is 0.396 e. The van der Waals surface area contributed by atoms with Gasteiger partial charge in [0.1, 0.15) is 5.82 Å². The molecule has 0 fully saturated rings. The number of hydrogen-bond donors (Lipinski definition) is 1. The first-order chi connectivity index (χ1) is 6.88. The summed E-state index contributed by atoms with van der Waals surface area (Å²) in [6, 6.07) is 5.40. The van der Waals surface area contributed by atoms with Gasteiger partial charge in [-0.2, -0.15) is 0 Å². The Hall–Kier alpha value is -0.890. The molecule has 0 spiro atoms. The van der Waals surface area contributed by atoms with E-state index in [4.69, 9.17) is 5.11 Å². The van der Waals surface area contributed by atoms with E-state index < -0.39 is 0 Å². The highest BCUT2D eigenvalue weighted by atomic mass is 19.1. The summed E-state index contributed by atoms with van der Waals surface area (Å²) in [5, 5.41) is 9.04. The van der Waals surface area contributed by atoms with Crippen molar-refractivity contribution in [2.24, 2.45) is 0 Å². The SMILES string of the molecule is CC(CO)c1cccc(C(C)(C)C)c1F. The molecule has 1 atom stereocenters. The molecule has 0 heterocycles. The van der Waals surface area contributed by atoms with Crippen LogP contribution >= 0.6 is 0 Å². The van der Waals surface area contributed by atoms with Gasteiger partial charge in [-0.1, -0.05) is 45.9 Å². The molecule has 0 aliphatic rings. The molecular weight excluding hydrogens is 191 g/mol. The second kappa shape index (κ2) is 4.31. The normalized spacial score (nSPS) is 14.0. The van der Waals surface area contributed by atoms with Crippen LogP contribution in [-0.4, -0.2) is 11.7 Å². The lowest BCUT2D eigenvalue weighted by molar-refractivity contribution is 0.270. The standard InChI is InChI=1S/C13H19FO/c1-9(8-15)10-6-5-7-11(12(10)14)13(2,3)4/h5-7,9,15H,8H2,1-4H3. The van der Waals surface area contributed by atoms with Gasteiger partial charge in [0, 0.05) is 12.5 Å². The topological polar surface area (TPSA) is 20.2 Å². The zero-order valence-electron chi connectivity index (χ0n) is 9.84. The van der Waals surface area contributed by atoms with Gasteiger partial charge in [0.15, 0.2) is 0 Å². The molecule has 15 heavy (non-hydrogen) atoms. The Bertz CT molecular complexity index is 339. The van der Waals surface area contributed by atoms with Crippen LogP contribution in [0.1, 0.15) is 44.7 Å². The minimum Gasteiger partial charge on any atom is -0.396 e. The Morgan fingerprint density at radius 1 is 1.33 bits per heavy atom. The Morgan fingerprint density at radius 3 is 2.40 bits per heavy atom. The fourth-order valence-corrected chi connectivity index (χ4v) is 1.61. The first-order valence-electron chi connectivity index (χ1n) is 5.27. The van der Waals surface area contributed by atoms with Crippen LogP contribution in [0.2, 0.25) is 0 Å². The van der Waals surface area contributed by atoms with E-state index in [0.29, 0.717) is 11.1 Å². The van der Waals surface area contributed by atoms with Gasteiger partial charge in [-0.05, 0) is 16.5 Å². The Balaban J connectivity index is 3.23. The van der Waals surface area contributed by atoms with Gasteiger partial charge in [0.05, 0.1) is 0 Å². The Labute approximate surface area is 90.9 Å². The van der Waals surface area contributed by atoms with E-state index in [0.717, 1.165) is 0 Å². The summed E-state index contributed by atoms with van der Waals surface area (Å²) in [5.74, 6) is -0.321. The molecule has 0 radical (unpaired) electrons. The number of halogens is 1. The van der Waals surface area contributed by atoms with Crippen LogP contribution in [-0.2, 0) is 5.41 Å². The van der Waals surface area contributed by atoms with Crippen molar-refractivity contribution in [1.82, 2.24) is 0 Å². The predicted octanol–water partition coefficient (Wildman–Crippen LogP) is 3.22. The maximum absolute atomic E-state index is 14.1. The highest BCUT2D eigenvalue weighted by molar-refractivity contribution is 5.32. The van der Waals surface area contributed by atoms with Crippen LogP contribution in [0, 0.1) is 5.82 Å². The second-order valence-corrected chi connectivity index (χ2v) is 5.04. The van der Waals surface area contributed by atoms with Crippen molar-refractivity contribution >= 4 is 0 Å². The lowest BCUT2D eigenvalue weighted by Crippen LogP contribution is -2.16. The van der Waals surface area contributed by atoms with Crippen LogP contribution in [0.3, 0.4) is 0 Å². The zero-order valence-corrected chi connectivity index (χ0v) is 9.84. The monoisotopic (exact) mass is 210 g/mol. The lowest BCUT2D eigenvalue weighted by Gasteiger charge is -2.22. The third kappa shape index (κ3) is 2.57. The van der Waals surface area contributed by atoms with Gasteiger partial charge in [-0.15, -0.1) is 0 Å². The third-order valence-electron chi connectivity index (χ3n) is 2.64. The van der Waals surface area contributed by atoms with Crippen LogP contribution in [0.25, 0.3) is 0 Å². The summed E-state index contributed by atoms with van der Waals surface area (Å²) in [6.07, 6.45) is 0. The summed E-state index contributed by atoms with van der Waals surface area (Å²) >= 11 is 0. The zero-order chi connectivity index (χ0) is 11.6. The van der Waals surface area contributed by atoms with E-state index in [2.05, 4.69) is 0 Å². The average Bonchev–Trinajstić information content (AvgIpc) is 2.15. The molecular formula is C13H19FO. The number of aliphatic hydroxyl groups excluding tert-OH is 1. The van der Waals surface area contributed by atoms with Crippen molar-refractivity contribution in [1.29, 1.82) is 0 Å². The highest BCUT2D eigenvalue weighted by Gasteiger charge is 2.21. The van der Waals surface area contributed by atoms with Gasteiger partial charge in [0.2, 0.25) is 0 Å². The van der Waals surface area contributed by atoms with Gasteiger partial charge < -0.3 is 5.11 Å². The van der Waals surface area contributed by atoms with Crippen molar-refractivity contribution in [2.45, 2.75) is 39.0 Å². The minimum absolute atomic E-state index is 0.0233. The molecule has 1 unspecified atom stereocenters. The molecule has 84 valence electrons. The first kappa shape index (κ1) is 12.2.